The summed E-state index contributed by atoms with van der Waals surface area (Å²) in [6, 6.07) is 7.47. The number of nitrogens with zero attached hydrogens (tertiary/aromatic N) is 2. The maximum atomic E-state index is 12.6. The lowest BCUT2D eigenvalue weighted by atomic mass is 10.1. The van der Waals surface area contributed by atoms with Crippen LogP contribution in [0, 0.1) is 0 Å². The molecule has 0 aliphatic heterocycles. The molecule has 0 radical (unpaired) electrons. The first-order valence-corrected chi connectivity index (χ1v) is 10.8. The van der Waals surface area contributed by atoms with Gasteiger partial charge in [0.25, 0.3) is 5.91 Å². The van der Waals surface area contributed by atoms with Crippen LogP contribution in [-0.2, 0) is 4.79 Å². The van der Waals surface area contributed by atoms with Crippen molar-refractivity contribution >= 4 is 23.0 Å². The van der Waals surface area contributed by atoms with Gasteiger partial charge in [-0.05, 0) is 31.9 Å². The van der Waals surface area contributed by atoms with Crippen molar-refractivity contribution < 1.29 is 14.3 Å². The smallest absolute Gasteiger partial charge is 0.263 e. The van der Waals surface area contributed by atoms with E-state index in [1.807, 2.05) is 24.3 Å². The summed E-state index contributed by atoms with van der Waals surface area (Å²) in [5.41, 5.74) is 3.46. The number of ketones is 1. The molecule has 30 heavy (non-hydrogen) atoms. The number of methoxy groups -OCH3 is 1. The van der Waals surface area contributed by atoms with E-state index in [0.29, 0.717) is 17.1 Å². The van der Waals surface area contributed by atoms with Crippen molar-refractivity contribution in [3.63, 3.8) is 0 Å². The van der Waals surface area contributed by atoms with Crippen LogP contribution >= 0.6 is 11.3 Å². The van der Waals surface area contributed by atoms with E-state index in [-0.39, 0.29) is 17.7 Å². The molecule has 8 heteroatoms. The van der Waals surface area contributed by atoms with E-state index < -0.39 is 0 Å². The third-order valence-electron chi connectivity index (χ3n) is 4.79. The van der Waals surface area contributed by atoms with E-state index in [9.17, 15) is 9.59 Å². The predicted molar refractivity (Wildman–Crippen MR) is 117 cm³/mol. The Balaban J connectivity index is 1.72. The van der Waals surface area contributed by atoms with Gasteiger partial charge >= 0.3 is 0 Å². The molecule has 158 valence electrons. The lowest BCUT2D eigenvalue weighted by molar-refractivity contribution is -0.117. The number of aromatic nitrogens is 3. The second kappa shape index (κ2) is 10.7. The number of carbonyl (C=O) groups excluding carboxylic acids is 2. The van der Waals surface area contributed by atoms with Crippen LogP contribution in [0.1, 0.15) is 60.6 Å². The summed E-state index contributed by atoms with van der Waals surface area (Å²) in [6.07, 6.45) is 7.33. The highest BCUT2D eigenvalue weighted by atomic mass is 32.1. The van der Waals surface area contributed by atoms with Crippen LogP contribution in [0.25, 0.3) is 11.3 Å². The van der Waals surface area contributed by atoms with Crippen LogP contribution in [0.5, 0.6) is 5.75 Å². The van der Waals surface area contributed by atoms with Gasteiger partial charge in [-0.1, -0.05) is 25.0 Å². The standard InChI is InChI=1S/C22H26N4O3S/c1-15(27)7-4-3-5-10-18(26-22(28)20-13-23-14-30-20)21-24-12-19(25-21)16-8-6-9-17(11-16)29-2/h6,8-9,11-14,18H,3-5,7,10H2,1-2H3,(H,24,25)(H,26,28)/t18-/m0/s1. The Morgan fingerprint density at radius 2 is 2.10 bits per heavy atom. The number of hydrogen-bond donors (Lipinski definition) is 2. The minimum Gasteiger partial charge on any atom is -0.497 e. The minimum absolute atomic E-state index is 0.162. The Morgan fingerprint density at radius 1 is 1.23 bits per heavy atom. The van der Waals surface area contributed by atoms with Gasteiger partial charge in [0.1, 0.15) is 22.2 Å². The number of hydrogen-bond acceptors (Lipinski definition) is 6. The number of ether oxygens (including phenoxy) is 1. The second-order valence-corrected chi connectivity index (χ2v) is 7.99. The normalized spacial score (nSPS) is 11.8. The van der Waals surface area contributed by atoms with Crippen LogP contribution in [0.3, 0.4) is 0 Å². The molecule has 0 aliphatic carbocycles. The number of unbranched alkanes of at least 4 members (excludes halogenated alkanes) is 2. The van der Waals surface area contributed by atoms with Crippen molar-refractivity contribution in [2.75, 3.05) is 7.11 Å². The molecule has 0 spiro atoms. The molecule has 0 saturated carbocycles. The number of aromatic amines is 1. The SMILES string of the molecule is COc1cccc(-c2cnc([C@H](CCCCCC(C)=O)NC(=O)c3cncs3)[nH]2)c1. The van der Waals surface area contributed by atoms with Crippen molar-refractivity contribution in [2.45, 2.75) is 45.1 Å². The number of nitrogens with one attached hydrogen (secondary N) is 2. The highest BCUT2D eigenvalue weighted by molar-refractivity contribution is 7.11. The molecule has 0 bridgehead atoms. The van der Waals surface area contributed by atoms with E-state index in [1.54, 1.807) is 31.9 Å². The first-order chi connectivity index (χ1) is 14.6. The second-order valence-electron chi connectivity index (χ2n) is 7.11. The lowest BCUT2D eigenvalue weighted by Gasteiger charge is -2.16. The number of benzene rings is 1. The summed E-state index contributed by atoms with van der Waals surface area (Å²) >= 11 is 1.30. The molecular formula is C22H26N4O3S. The number of amides is 1. The maximum Gasteiger partial charge on any atom is 0.263 e. The highest BCUT2D eigenvalue weighted by Crippen LogP contribution is 2.25. The number of imidazole rings is 1. The summed E-state index contributed by atoms with van der Waals surface area (Å²) in [5, 5.41) is 3.07. The molecule has 1 amide bonds. The molecular weight excluding hydrogens is 400 g/mol. The average Bonchev–Trinajstić information content (AvgIpc) is 3.45. The fourth-order valence-electron chi connectivity index (χ4n) is 3.18. The Morgan fingerprint density at radius 3 is 2.83 bits per heavy atom. The van der Waals surface area contributed by atoms with Crippen LogP contribution in [0.15, 0.2) is 42.2 Å². The quantitative estimate of drug-likeness (QED) is 0.438. The van der Waals surface area contributed by atoms with Crippen LogP contribution in [-0.4, -0.2) is 33.8 Å². The maximum absolute atomic E-state index is 12.6. The van der Waals surface area contributed by atoms with Crippen LogP contribution < -0.4 is 10.1 Å². The Hall–Kier alpha value is -3.00. The van der Waals surface area contributed by atoms with Crippen LogP contribution in [0.4, 0.5) is 0 Å². The first kappa shape index (κ1) is 21.7. The van der Waals surface area contributed by atoms with Gasteiger partial charge in [-0.3, -0.25) is 9.78 Å². The monoisotopic (exact) mass is 426 g/mol. The number of rotatable bonds is 11. The topological polar surface area (TPSA) is 97.0 Å². The molecule has 7 nitrogen and oxygen atoms in total. The molecule has 1 aromatic carbocycles. The molecule has 0 unspecified atom stereocenters. The van der Waals surface area contributed by atoms with E-state index >= 15 is 0 Å². The largest absolute Gasteiger partial charge is 0.497 e. The molecule has 1 atom stereocenters. The molecule has 0 aliphatic rings. The number of Topliss-reactive ketones (excluding diaryl/α,β-unsaturated/α-hetero) is 1. The van der Waals surface area contributed by atoms with Crippen molar-refractivity contribution in [1.82, 2.24) is 20.3 Å². The van der Waals surface area contributed by atoms with Gasteiger partial charge < -0.3 is 19.8 Å². The average molecular weight is 427 g/mol. The van der Waals surface area contributed by atoms with E-state index in [2.05, 4.69) is 20.3 Å². The van der Waals surface area contributed by atoms with Gasteiger partial charge in [-0.2, -0.15) is 0 Å². The molecule has 2 aromatic heterocycles. The van der Waals surface area contributed by atoms with Crippen molar-refractivity contribution in [2.24, 2.45) is 0 Å². The van der Waals surface area contributed by atoms with Crippen molar-refractivity contribution in [3.8, 4) is 17.0 Å². The number of carbonyl (C=O) groups is 2. The van der Waals surface area contributed by atoms with E-state index in [0.717, 1.165) is 42.7 Å². The zero-order chi connectivity index (χ0) is 21.3. The molecule has 0 fully saturated rings. The number of H-pyrrole nitrogens is 1. The minimum atomic E-state index is -0.253. The first-order valence-electron chi connectivity index (χ1n) is 9.95. The Kier molecular flexibility index (Phi) is 7.73. The predicted octanol–water partition coefficient (Wildman–Crippen LogP) is 4.55. The summed E-state index contributed by atoms with van der Waals surface area (Å²) < 4.78 is 5.30. The summed E-state index contributed by atoms with van der Waals surface area (Å²) in [7, 11) is 1.63. The third-order valence-corrected chi connectivity index (χ3v) is 5.56. The summed E-state index contributed by atoms with van der Waals surface area (Å²) in [5.74, 6) is 1.52. The van der Waals surface area contributed by atoms with Gasteiger partial charge in [0, 0.05) is 12.0 Å². The lowest BCUT2D eigenvalue weighted by Crippen LogP contribution is -2.28. The molecule has 2 heterocycles. The molecule has 3 rings (SSSR count). The zero-order valence-electron chi connectivity index (χ0n) is 17.2. The van der Waals surface area contributed by atoms with Crippen LogP contribution in [0.2, 0.25) is 0 Å². The molecule has 2 N–H and O–H groups in total. The Labute approximate surface area is 179 Å². The molecule has 3 aromatic rings. The molecule has 0 saturated heterocycles. The van der Waals surface area contributed by atoms with Gasteiger partial charge in [0.15, 0.2) is 0 Å². The van der Waals surface area contributed by atoms with Crippen molar-refractivity contribution in [3.05, 3.63) is 52.9 Å². The fourth-order valence-corrected chi connectivity index (χ4v) is 3.71. The van der Waals surface area contributed by atoms with Crippen molar-refractivity contribution in [1.29, 1.82) is 0 Å². The highest BCUT2D eigenvalue weighted by Gasteiger charge is 2.20. The van der Waals surface area contributed by atoms with Gasteiger partial charge in [-0.25, -0.2) is 4.98 Å². The third kappa shape index (κ3) is 6.00. The van der Waals surface area contributed by atoms with Gasteiger partial charge in [-0.15, -0.1) is 11.3 Å². The van der Waals surface area contributed by atoms with E-state index in [4.69, 9.17) is 4.74 Å². The van der Waals surface area contributed by atoms with Gasteiger partial charge in [0.05, 0.1) is 36.7 Å². The zero-order valence-corrected chi connectivity index (χ0v) is 18.0. The number of thiazole rings is 1. The van der Waals surface area contributed by atoms with E-state index in [1.165, 1.54) is 11.3 Å². The summed E-state index contributed by atoms with van der Waals surface area (Å²) in [6.45, 7) is 1.61. The van der Waals surface area contributed by atoms with Gasteiger partial charge in [0.2, 0.25) is 0 Å². The summed E-state index contributed by atoms with van der Waals surface area (Å²) in [4.78, 5) is 36.1. The Bertz CT molecular complexity index is 968. The fraction of sp³-hybridized carbons (Fsp3) is 0.364.